The van der Waals surface area contributed by atoms with E-state index in [1.54, 1.807) is 0 Å². The van der Waals surface area contributed by atoms with Gasteiger partial charge in [-0.2, -0.15) is 0 Å². The molecular weight excluding hydrogens is 302 g/mol. The van der Waals surface area contributed by atoms with Gasteiger partial charge >= 0.3 is 0 Å². The number of rotatable bonds is 3. The van der Waals surface area contributed by atoms with Crippen molar-refractivity contribution >= 4 is 21.7 Å². The number of hydrogen-bond donors (Lipinski definition) is 1. The van der Waals surface area contributed by atoms with Gasteiger partial charge in [0.2, 0.25) is 0 Å². The lowest BCUT2D eigenvalue weighted by molar-refractivity contribution is 0.307. The summed E-state index contributed by atoms with van der Waals surface area (Å²) in [6, 6.07) is 0. The molecule has 1 aliphatic rings. The summed E-state index contributed by atoms with van der Waals surface area (Å²) >= 11 is 3.51. The standard InChI is InChI=1S/C15H24BrN3/c1-4-10-6-5-7-11(8-10)15-18-13(9(2)3)12(16)14(17)19-15/h9-11H,4-8H2,1-3H3,(H2,17,18,19). The minimum absolute atomic E-state index is 0.365. The van der Waals surface area contributed by atoms with Crippen molar-refractivity contribution in [1.29, 1.82) is 0 Å². The summed E-state index contributed by atoms with van der Waals surface area (Å²) in [5.74, 6) is 3.24. The molecule has 2 rings (SSSR count). The normalized spacial score (nSPS) is 23.8. The molecular formula is C15H24BrN3. The predicted molar refractivity (Wildman–Crippen MR) is 83.2 cm³/mol. The minimum atomic E-state index is 0.365. The van der Waals surface area contributed by atoms with Gasteiger partial charge < -0.3 is 5.73 Å². The van der Waals surface area contributed by atoms with E-state index >= 15 is 0 Å². The molecule has 2 unspecified atom stereocenters. The molecule has 0 aliphatic heterocycles. The lowest BCUT2D eigenvalue weighted by Gasteiger charge is -2.28. The molecule has 1 aromatic rings. The molecule has 19 heavy (non-hydrogen) atoms. The highest BCUT2D eigenvalue weighted by Gasteiger charge is 2.25. The molecule has 4 heteroatoms. The summed E-state index contributed by atoms with van der Waals surface area (Å²) in [5, 5.41) is 0. The second kappa shape index (κ2) is 6.21. The van der Waals surface area contributed by atoms with E-state index in [1.165, 1.54) is 32.1 Å². The third kappa shape index (κ3) is 3.28. The van der Waals surface area contributed by atoms with Gasteiger partial charge in [-0.1, -0.05) is 40.0 Å². The first-order valence-corrected chi connectivity index (χ1v) is 8.15. The zero-order valence-electron chi connectivity index (χ0n) is 12.1. The van der Waals surface area contributed by atoms with Crippen LogP contribution in [0.1, 0.15) is 76.2 Å². The summed E-state index contributed by atoms with van der Waals surface area (Å²) < 4.78 is 0.870. The number of nitrogens with zero attached hydrogens (tertiary/aromatic N) is 2. The van der Waals surface area contributed by atoms with Crippen molar-refractivity contribution in [2.24, 2.45) is 5.92 Å². The second-order valence-corrected chi connectivity index (χ2v) is 6.75. The molecule has 1 heterocycles. The predicted octanol–water partition coefficient (Wildman–Crippen LogP) is 4.63. The van der Waals surface area contributed by atoms with E-state index in [0.717, 1.165) is 21.9 Å². The molecule has 0 saturated heterocycles. The highest BCUT2D eigenvalue weighted by Crippen LogP contribution is 2.38. The van der Waals surface area contributed by atoms with Crippen molar-refractivity contribution in [2.75, 3.05) is 5.73 Å². The van der Waals surface area contributed by atoms with Crippen LogP contribution in [0.3, 0.4) is 0 Å². The molecule has 1 fully saturated rings. The molecule has 2 atom stereocenters. The number of nitrogens with two attached hydrogens (primary N) is 1. The summed E-state index contributed by atoms with van der Waals surface area (Å²) in [7, 11) is 0. The Morgan fingerprint density at radius 3 is 2.68 bits per heavy atom. The van der Waals surface area contributed by atoms with Gasteiger partial charge in [0.05, 0.1) is 10.2 Å². The molecule has 0 spiro atoms. The number of nitrogen functional groups attached to an aromatic ring is 1. The maximum atomic E-state index is 6.04. The Bertz CT molecular complexity index is 445. The molecule has 1 saturated carbocycles. The van der Waals surface area contributed by atoms with Crippen LogP contribution >= 0.6 is 15.9 Å². The van der Waals surface area contributed by atoms with E-state index in [1.807, 2.05) is 0 Å². The molecule has 106 valence electrons. The Kier molecular flexibility index (Phi) is 4.82. The highest BCUT2D eigenvalue weighted by atomic mass is 79.9. The third-order valence-electron chi connectivity index (χ3n) is 4.19. The van der Waals surface area contributed by atoms with Crippen LogP contribution in [-0.4, -0.2) is 9.97 Å². The van der Waals surface area contributed by atoms with Gasteiger partial charge in [0.1, 0.15) is 11.6 Å². The SMILES string of the molecule is CCC1CCCC(c2nc(N)c(Br)c(C(C)C)n2)C1. The molecule has 0 bridgehead atoms. The van der Waals surface area contributed by atoms with Crippen LogP contribution in [0.5, 0.6) is 0 Å². The van der Waals surface area contributed by atoms with Crippen molar-refractivity contribution in [1.82, 2.24) is 9.97 Å². The molecule has 1 aromatic heterocycles. The minimum Gasteiger partial charge on any atom is -0.383 e. The van der Waals surface area contributed by atoms with Crippen LogP contribution in [0, 0.1) is 5.92 Å². The van der Waals surface area contributed by atoms with E-state index in [9.17, 15) is 0 Å². The smallest absolute Gasteiger partial charge is 0.141 e. The summed E-state index contributed by atoms with van der Waals surface area (Å²) in [5.41, 5.74) is 7.08. The molecule has 0 radical (unpaired) electrons. The molecule has 2 N–H and O–H groups in total. The lowest BCUT2D eigenvalue weighted by atomic mass is 9.80. The van der Waals surface area contributed by atoms with Crippen molar-refractivity contribution in [3.8, 4) is 0 Å². The number of anilines is 1. The van der Waals surface area contributed by atoms with Crippen LogP contribution in [0.25, 0.3) is 0 Å². The number of hydrogen-bond acceptors (Lipinski definition) is 3. The number of aromatic nitrogens is 2. The van der Waals surface area contributed by atoms with Gasteiger partial charge in [-0.15, -0.1) is 0 Å². The Hall–Kier alpha value is -0.640. The summed E-state index contributed by atoms with van der Waals surface area (Å²) in [6.07, 6.45) is 6.33. The quantitative estimate of drug-likeness (QED) is 0.881. The zero-order valence-corrected chi connectivity index (χ0v) is 13.7. The molecule has 1 aliphatic carbocycles. The first-order valence-electron chi connectivity index (χ1n) is 7.35. The Morgan fingerprint density at radius 1 is 1.32 bits per heavy atom. The maximum Gasteiger partial charge on any atom is 0.141 e. The van der Waals surface area contributed by atoms with Crippen LogP contribution in [0.2, 0.25) is 0 Å². The van der Waals surface area contributed by atoms with E-state index in [-0.39, 0.29) is 0 Å². The lowest BCUT2D eigenvalue weighted by Crippen LogP contribution is -2.17. The topological polar surface area (TPSA) is 51.8 Å². The Labute approximate surface area is 124 Å². The van der Waals surface area contributed by atoms with Crippen LogP contribution in [-0.2, 0) is 0 Å². The van der Waals surface area contributed by atoms with Gasteiger partial charge in [-0.25, -0.2) is 9.97 Å². The molecule has 0 amide bonds. The summed E-state index contributed by atoms with van der Waals surface area (Å²) in [6.45, 7) is 6.57. The fourth-order valence-corrected chi connectivity index (χ4v) is 3.60. The molecule has 0 aromatic carbocycles. The van der Waals surface area contributed by atoms with Gasteiger partial charge in [0, 0.05) is 5.92 Å². The van der Waals surface area contributed by atoms with E-state index in [4.69, 9.17) is 10.7 Å². The summed E-state index contributed by atoms with van der Waals surface area (Å²) in [4.78, 5) is 9.32. The van der Waals surface area contributed by atoms with Crippen molar-refractivity contribution < 1.29 is 0 Å². The van der Waals surface area contributed by atoms with Crippen LogP contribution in [0.15, 0.2) is 4.47 Å². The van der Waals surface area contributed by atoms with Gasteiger partial charge in [-0.3, -0.25) is 0 Å². The van der Waals surface area contributed by atoms with E-state index in [0.29, 0.717) is 17.7 Å². The average Bonchev–Trinajstić information content (AvgIpc) is 2.41. The fraction of sp³-hybridized carbons (Fsp3) is 0.733. The average molecular weight is 326 g/mol. The first-order chi connectivity index (χ1) is 9.02. The second-order valence-electron chi connectivity index (χ2n) is 5.96. The monoisotopic (exact) mass is 325 g/mol. The van der Waals surface area contributed by atoms with E-state index in [2.05, 4.69) is 41.7 Å². The zero-order chi connectivity index (χ0) is 14.0. The highest BCUT2D eigenvalue weighted by molar-refractivity contribution is 9.10. The van der Waals surface area contributed by atoms with Gasteiger partial charge in [-0.05, 0) is 40.6 Å². The molecule has 3 nitrogen and oxygen atoms in total. The fourth-order valence-electron chi connectivity index (χ4n) is 2.96. The van der Waals surface area contributed by atoms with Gasteiger partial charge in [0.15, 0.2) is 0 Å². The maximum absolute atomic E-state index is 6.04. The van der Waals surface area contributed by atoms with Crippen molar-refractivity contribution in [3.63, 3.8) is 0 Å². The largest absolute Gasteiger partial charge is 0.383 e. The number of halogens is 1. The first kappa shape index (κ1) is 14.8. The Morgan fingerprint density at radius 2 is 2.05 bits per heavy atom. The van der Waals surface area contributed by atoms with Crippen LogP contribution in [0.4, 0.5) is 5.82 Å². The third-order valence-corrected chi connectivity index (χ3v) is 5.00. The van der Waals surface area contributed by atoms with Crippen molar-refractivity contribution in [3.05, 3.63) is 16.0 Å². The van der Waals surface area contributed by atoms with E-state index < -0.39 is 0 Å². The van der Waals surface area contributed by atoms with Crippen LogP contribution < -0.4 is 5.73 Å². The van der Waals surface area contributed by atoms with Gasteiger partial charge in [0.25, 0.3) is 0 Å². The van der Waals surface area contributed by atoms with Crippen molar-refractivity contribution in [2.45, 2.75) is 64.7 Å². The Balaban J connectivity index is 2.29.